The van der Waals surface area contributed by atoms with Gasteiger partial charge in [-0.1, -0.05) is 18.2 Å². The van der Waals surface area contributed by atoms with E-state index in [9.17, 15) is 4.79 Å². The predicted molar refractivity (Wildman–Crippen MR) is 85.3 cm³/mol. The first-order valence-corrected chi connectivity index (χ1v) is 8.53. The van der Waals surface area contributed by atoms with Gasteiger partial charge in [0, 0.05) is 31.6 Å². The molecular formula is C16H21N3OS. The van der Waals surface area contributed by atoms with E-state index in [4.69, 9.17) is 0 Å². The highest BCUT2D eigenvalue weighted by atomic mass is 32.2. The van der Waals surface area contributed by atoms with Crippen molar-refractivity contribution >= 4 is 17.8 Å². The van der Waals surface area contributed by atoms with E-state index in [0.717, 1.165) is 36.7 Å². The molecule has 2 aliphatic rings. The lowest BCUT2D eigenvalue weighted by Gasteiger charge is -2.17. The molecule has 0 saturated carbocycles. The number of allylic oxidation sites excluding steroid dienone is 2. The molecule has 0 spiro atoms. The van der Waals surface area contributed by atoms with E-state index in [2.05, 4.69) is 22.5 Å². The minimum atomic E-state index is 0.0889. The number of rotatable bonds is 4. The maximum atomic E-state index is 12.2. The zero-order valence-corrected chi connectivity index (χ0v) is 12.9. The first kappa shape index (κ1) is 14.4. The molecule has 0 radical (unpaired) electrons. The summed E-state index contributed by atoms with van der Waals surface area (Å²) in [6, 6.07) is 5.97. The van der Waals surface area contributed by atoms with Gasteiger partial charge in [-0.15, -0.1) is 11.8 Å². The Morgan fingerprint density at radius 3 is 2.71 bits per heavy atom. The molecule has 0 bridgehead atoms. The summed E-state index contributed by atoms with van der Waals surface area (Å²) in [5.74, 6) is 2.19. The minimum Gasteiger partial charge on any atom is -0.337 e. The van der Waals surface area contributed by atoms with Crippen LogP contribution in [-0.2, 0) is 0 Å². The second-order valence-electron chi connectivity index (χ2n) is 5.62. The van der Waals surface area contributed by atoms with Crippen LogP contribution in [-0.4, -0.2) is 41.3 Å². The Bertz CT molecular complexity index is 490. The maximum Gasteiger partial charge on any atom is 0.317 e. The lowest BCUT2D eigenvalue weighted by atomic mass is 9.86. The van der Waals surface area contributed by atoms with Gasteiger partial charge in [-0.05, 0) is 36.8 Å². The fourth-order valence-corrected chi connectivity index (χ4v) is 3.76. The van der Waals surface area contributed by atoms with Crippen LogP contribution in [0.15, 0.2) is 41.6 Å². The molecule has 2 amide bonds. The third kappa shape index (κ3) is 3.79. The van der Waals surface area contributed by atoms with E-state index in [0.29, 0.717) is 18.4 Å². The van der Waals surface area contributed by atoms with Crippen molar-refractivity contribution in [2.75, 3.05) is 25.4 Å². The standard InChI is InChI=1S/C16H21N3OS/c20-16(18-9-10-21-15-7-3-4-8-17-15)19-11-13-5-1-2-6-14(13)12-19/h1-4,7-8,13-14H,5-6,9-12H2,(H,18,20)/t13-,14+. The van der Waals surface area contributed by atoms with Crippen molar-refractivity contribution in [1.82, 2.24) is 15.2 Å². The molecule has 0 aromatic carbocycles. The number of carbonyl (C=O) groups excluding carboxylic acids is 1. The SMILES string of the molecule is O=C(NCCSc1ccccn1)N1C[C@H]2CC=CC[C@H]2C1. The zero-order chi connectivity index (χ0) is 14.5. The summed E-state index contributed by atoms with van der Waals surface area (Å²) >= 11 is 1.67. The third-order valence-corrected chi connectivity index (χ3v) is 5.12. The van der Waals surface area contributed by atoms with Crippen LogP contribution in [0, 0.1) is 11.8 Å². The van der Waals surface area contributed by atoms with Gasteiger partial charge in [-0.3, -0.25) is 0 Å². The number of pyridine rings is 1. The summed E-state index contributed by atoms with van der Waals surface area (Å²) in [7, 11) is 0. The molecule has 1 aromatic heterocycles. The van der Waals surface area contributed by atoms with Crippen LogP contribution in [0.25, 0.3) is 0 Å². The number of amides is 2. The minimum absolute atomic E-state index is 0.0889. The van der Waals surface area contributed by atoms with Gasteiger partial charge in [-0.2, -0.15) is 0 Å². The molecule has 4 nitrogen and oxygen atoms in total. The molecule has 0 unspecified atom stereocenters. The largest absolute Gasteiger partial charge is 0.337 e. The number of fused-ring (bicyclic) bond motifs is 1. The lowest BCUT2D eigenvalue weighted by Crippen LogP contribution is -2.39. The van der Waals surface area contributed by atoms with E-state index in [1.54, 1.807) is 18.0 Å². The second-order valence-corrected chi connectivity index (χ2v) is 6.73. The summed E-state index contributed by atoms with van der Waals surface area (Å²) < 4.78 is 0. The average molecular weight is 303 g/mol. The molecule has 2 atom stereocenters. The van der Waals surface area contributed by atoms with E-state index < -0.39 is 0 Å². The molecule has 1 aliphatic carbocycles. The highest BCUT2D eigenvalue weighted by Gasteiger charge is 2.34. The summed E-state index contributed by atoms with van der Waals surface area (Å²) in [4.78, 5) is 18.4. The number of likely N-dealkylation sites (tertiary alicyclic amines) is 1. The van der Waals surface area contributed by atoms with Gasteiger partial charge in [0.15, 0.2) is 0 Å². The molecular weight excluding hydrogens is 282 g/mol. The number of hydrogen-bond donors (Lipinski definition) is 1. The average Bonchev–Trinajstić information content (AvgIpc) is 2.96. The van der Waals surface area contributed by atoms with Crippen LogP contribution in [0.4, 0.5) is 4.79 Å². The molecule has 2 heterocycles. The van der Waals surface area contributed by atoms with Gasteiger partial charge in [0.25, 0.3) is 0 Å². The Balaban J connectivity index is 1.37. The fraction of sp³-hybridized carbons (Fsp3) is 0.500. The Hall–Kier alpha value is -1.49. The summed E-state index contributed by atoms with van der Waals surface area (Å²) in [6.45, 7) is 2.51. The molecule has 112 valence electrons. The number of aromatic nitrogens is 1. The van der Waals surface area contributed by atoms with Crippen molar-refractivity contribution in [2.45, 2.75) is 17.9 Å². The van der Waals surface area contributed by atoms with E-state index in [1.807, 2.05) is 23.1 Å². The topological polar surface area (TPSA) is 45.2 Å². The molecule has 1 saturated heterocycles. The molecule has 3 rings (SSSR count). The number of urea groups is 1. The van der Waals surface area contributed by atoms with Gasteiger partial charge in [0.2, 0.25) is 0 Å². The first-order chi connectivity index (χ1) is 10.3. The van der Waals surface area contributed by atoms with Crippen LogP contribution in [0.3, 0.4) is 0 Å². The number of nitrogens with one attached hydrogen (secondary N) is 1. The summed E-state index contributed by atoms with van der Waals surface area (Å²) in [5, 5.41) is 4.03. The quantitative estimate of drug-likeness (QED) is 0.528. The van der Waals surface area contributed by atoms with Crippen LogP contribution in [0.5, 0.6) is 0 Å². The monoisotopic (exact) mass is 303 g/mol. The number of thioether (sulfide) groups is 1. The van der Waals surface area contributed by atoms with E-state index >= 15 is 0 Å². The second kappa shape index (κ2) is 6.98. The fourth-order valence-electron chi connectivity index (χ4n) is 3.04. The van der Waals surface area contributed by atoms with Crippen molar-refractivity contribution in [3.8, 4) is 0 Å². The number of hydrogen-bond acceptors (Lipinski definition) is 3. The highest BCUT2D eigenvalue weighted by molar-refractivity contribution is 7.99. The normalized spacial score (nSPS) is 23.9. The van der Waals surface area contributed by atoms with Crippen molar-refractivity contribution in [3.63, 3.8) is 0 Å². The van der Waals surface area contributed by atoms with Crippen molar-refractivity contribution < 1.29 is 4.79 Å². The molecule has 1 aromatic rings. The van der Waals surface area contributed by atoms with Gasteiger partial charge in [-0.25, -0.2) is 9.78 Å². The zero-order valence-electron chi connectivity index (χ0n) is 12.1. The first-order valence-electron chi connectivity index (χ1n) is 7.54. The predicted octanol–water partition coefficient (Wildman–Crippen LogP) is 2.78. The van der Waals surface area contributed by atoms with Crippen LogP contribution >= 0.6 is 11.8 Å². The van der Waals surface area contributed by atoms with Crippen molar-refractivity contribution in [1.29, 1.82) is 0 Å². The lowest BCUT2D eigenvalue weighted by molar-refractivity contribution is 0.207. The van der Waals surface area contributed by atoms with E-state index in [1.165, 1.54) is 0 Å². The maximum absolute atomic E-state index is 12.2. The summed E-state index contributed by atoms with van der Waals surface area (Å²) in [5.41, 5.74) is 0. The van der Waals surface area contributed by atoms with Gasteiger partial charge >= 0.3 is 6.03 Å². The number of nitrogens with zero attached hydrogens (tertiary/aromatic N) is 2. The third-order valence-electron chi connectivity index (χ3n) is 4.17. The van der Waals surface area contributed by atoms with Gasteiger partial charge in [0.05, 0.1) is 5.03 Å². The highest BCUT2D eigenvalue weighted by Crippen LogP contribution is 2.32. The Morgan fingerprint density at radius 2 is 2.05 bits per heavy atom. The molecule has 5 heteroatoms. The Labute approximate surface area is 130 Å². The smallest absolute Gasteiger partial charge is 0.317 e. The summed E-state index contributed by atoms with van der Waals surface area (Å²) in [6.07, 6.45) is 8.56. The Morgan fingerprint density at radius 1 is 1.29 bits per heavy atom. The number of carbonyl (C=O) groups is 1. The van der Waals surface area contributed by atoms with Crippen molar-refractivity contribution in [3.05, 3.63) is 36.5 Å². The van der Waals surface area contributed by atoms with Gasteiger partial charge < -0.3 is 10.2 Å². The molecule has 1 fully saturated rings. The molecule has 21 heavy (non-hydrogen) atoms. The van der Waals surface area contributed by atoms with Crippen LogP contribution in [0.2, 0.25) is 0 Å². The van der Waals surface area contributed by atoms with Crippen LogP contribution in [0.1, 0.15) is 12.8 Å². The van der Waals surface area contributed by atoms with E-state index in [-0.39, 0.29) is 6.03 Å². The van der Waals surface area contributed by atoms with Crippen molar-refractivity contribution in [2.24, 2.45) is 11.8 Å². The van der Waals surface area contributed by atoms with Crippen LogP contribution < -0.4 is 5.32 Å². The van der Waals surface area contributed by atoms with Gasteiger partial charge in [0.1, 0.15) is 0 Å². The Kier molecular flexibility index (Phi) is 4.80. The molecule has 1 aliphatic heterocycles. The molecule has 1 N–H and O–H groups in total.